The summed E-state index contributed by atoms with van der Waals surface area (Å²) in [4.78, 5) is 18.4. The van der Waals surface area contributed by atoms with Gasteiger partial charge in [-0.1, -0.05) is 24.3 Å². The molecule has 1 aromatic carbocycles. The van der Waals surface area contributed by atoms with Gasteiger partial charge in [0.25, 0.3) is 0 Å². The van der Waals surface area contributed by atoms with Crippen LogP contribution in [0.2, 0.25) is 0 Å². The van der Waals surface area contributed by atoms with Gasteiger partial charge < -0.3 is 20.1 Å². The number of rotatable bonds is 7. The summed E-state index contributed by atoms with van der Waals surface area (Å²) in [6, 6.07) is 10.5. The number of aryl methyl sites for hydroxylation is 1. The van der Waals surface area contributed by atoms with Gasteiger partial charge in [0.05, 0.1) is 6.54 Å². The van der Waals surface area contributed by atoms with E-state index in [-0.39, 0.29) is 5.91 Å². The standard InChI is InChI=1S/C21H29N5O/c1-3-22-21(24-14-19-9-11-25(2)15-19)23-13-17-6-4-7-18(12-17)16-26-10-5-8-20(26)27/h4,6-7,9,11-12,15H,3,5,8,10,13-14,16H2,1-2H3,(H2,22,23,24). The molecule has 0 aliphatic carbocycles. The lowest BCUT2D eigenvalue weighted by Crippen LogP contribution is -2.36. The van der Waals surface area contributed by atoms with Gasteiger partial charge in [-0.25, -0.2) is 4.99 Å². The maximum Gasteiger partial charge on any atom is 0.222 e. The number of aliphatic imine (C=N–C) groups is 1. The molecular formula is C21H29N5O. The lowest BCUT2D eigenvalue weighted by Gasteiger charge is -2.16. The Morgan fingerprint density at radius 3 is 2.74 bits per heavy atom. The highest BCUT2D eigenvalue weighted by atomic mass is 16.2. The highest BCUT2D eigenvalue weighted by Crippen LogP contribution is 2.15. The van der Waals surface area contributed by atoms with Crippen molar-refractivity contribution in [1.82, 2.24) is 20.1 Å². The Bertz CT molecular complexity index is 795. The number of aromatic nitrogens is 1. The van der Waals surface area contributed by atoms with Crippen molar-refractivity contribution in [1.29, 1.82) is 0 Å². The van der Waals surface area contributed by atoms with Gasteiger partial charge in [0.2, 0.25) is 5.91 Å². The number of nitrogens with one attached hydrogen (secondary N) is 2. The maximum absolute atomic E-state index is 11.8. The molecule has 6 nitrogen and oxygen atoms in total. The predicted molar refractivity (Wildman–Crippen MR) is 108 cm³/mol. The van der Waals surface area contributed by atoms with Gasteiger partial charge in [0, 0.05) is 52.0 Å². The smallest absolute Gasteiger partial charge is 0.222 e. The molecule has 27 heavy (non-hydrogen) atoms. The molecule has 144 valence electrons. The number of carbonyl (C=O) groups is 1. The van der Waals surface area contributed by atoms with Crippen molar-refractivity contribution in [2.45, 2.75) is 39.4 Å². The summed E-state index contributed by atoms with van der Waals surface area (Å²) >= 11 is 0. The van der Waals surface area contributed by atoms with Crippen LogP contribution in [-0.2, 0) is 31.5 Å². The predicted octanol–water partition coefficient (Wildman–Crippen LogP) is 2.40. The van der Waals surface area contributed by atoms with Crippen molar-refractivity contribution < 1.29 is 4.79 Å². The van der Waals surface area contributed by atoms with E-state index in [9.17, 15) is 4.79 Å². The second-order valence-electron chi connectivity index (χ2n) is 6.97. The minimum absolute atomic E-state index is 0.265. The van der Waals surface area contributed by atoms with E-state index in [2.05, 4.69) is 59.1 Å². The number of hydrogen-bond acceptors (Lipinski definition) is 2. The van der Waals surface area contributed by atoms with E-state index in [1.54, 1.807) is 0 Å². The largest absolute Gasteiger partial charge is 0.357 e. The fourth-order valence-corrected chi connectivity index (χ4v) is 3.28. The third kappa shape index (κ3) is 5.61. The van der Waals surface area contributed by atoms with Crippen molar-refractivity contribution in [3.8, 4) is 0 Å². The molecule has 0 atom stereocenters. The Kier molecular flexibility index (Phi) is 6.52. The average molecular weight is 367 g/mol. The van der Waals surface area contributed by atoms with Crippen LogP contribution in [0.15, 0.2) is 47.7 Å². The molecule has 0 spiro atoms. The zero-order chi connectivity index (χ0) is 19.1. The number of guanidine groups is 1. The molecule has 1 amide bonds. The SMILES string of the molecule is CCNC(=NCc1ccn(C)c1)NCc1cccc(CN2CCCC2=O)c1. The Morgan fingerprint density at radius 1 is 1.19 bits per heavy atom. The quantitative estimate of drug-likeness (QED) is 0.584. The molecule has 1 aromatic heterocycles. The zero-order valence-corrected chi connectivity index (χ0v) is 16.2. The number of hydrogen-bond donors (Lipinski definition) is 2. The number of amides is 1. The van der Waals surface area contributed by atoms with Gasteiger partial charge >= 0.3 is 0 Å². The minimum atomic E-state index is 0.265. The van der Waals surface area contributed by atoms with Crippen molar-refractivity contribution in [3.63, 3.8) is 0 Å². The Labute approximate surface area is 161 Å². The van der Waals surface area contributed by atoms with Crippen molar-refractivity contribution in [2.75, 3.05) is 13.1 Å². The van der Waals surface area contributed by atoms with Crippen LogP contribution in [0.25, 0.3) is 0 Å². The summed E-state index contributed by atoms with van der Waals surface area (Å²) in [5.41, 5.74) is 3.55. The number of benzene rings is 1. The molecule has 2 N–H and O–H groups in total. The summed E-state index contributed by atoms with van der Waals surface area (Å²) in [6.07, 6.45) is 5.77. The molecule has 1 aliphatic heterocycles. The maximum atomic E-state index is 11.8. The summed E-state index contributed by atoms with van der Waals surface area (Å²) in [5, 5.41) is 6.68. The van der Waals surface area contributed by atoms with E-state index in [0.717, 1.165) is 25.5 Å². The van der Waals surface area contributed by atoms with Gasteiger partial charge in [0.1, 0.15) is 0 Å². The topological polar surface area (TPSA) is 61.7 Å². The molecule has 1 aliphatic rings. The molecule has 2 aromatic rings. The summed E-state index contributed by atoms with van der Waals surface area (Å²) in [7, 11) is 2.01. The third-order valence-corrected chi connectivity index (χ3v) is 4.65. The van der Waals surface area contributed by atoms with Crippen LogP contribution < -0.4 is 10.6 Å². The Morgan fingerprint density at radius 2 is 2.04 bits per heavy atom. The normalized spacial score (nSPS) is 14.7. The molecule has 0 radical (unpaired) electrons. The van der Waals surface area contributed by atoms with Crippen molar-refractivity contribution in [2.24, 2.45) is 12.0 Å². The second kappa shape index (κ2) is 9.26. The zero-order valence-electron chi connectivity index (χ0n) is 16.2. The molecule has 3 rings (SSSR count). The lowest BCUT2D eigenvalue weighted by atomic mass is 10.1. The fourth-order valence-electron chi connectivity index (χ4n) is 3.28. The van der Waals surface area contributed by atoms with E-state index in [0.29, 0.717) is 26.1 Å². The third-order valence-electron chi connectivity index (χ3n) is 4.65. The van der Waals surface area contributed by atoms with E-state index in [4.69, 9.17) is 0 Å². The van der Waals surface area contributed by atoms with Crippen LogP contribution >= 0.6 is 0 Å². The number of carbonyl (C=O) groups excluding carboxylic acids is 1. The monoisotopic (exact) mass is 367 g/mol. The molecule has 0 saturated carbocycles. The van der Waals surface area contributed by atoms with Gasteiger partial charge in [-0.2, -0.15) is 0 Å². The summed E-state index contributed by atoms with van der Waals surface area (Å²) in [6.45, 7) is 5.80. The lowest BCUT2D eigenvalue weighted by molar-refractivity contribution is -0.128. The first-order valence-corrected chi connectivity index (χ1v) is 9.62. The van der Waals surface area contributed by atoms with Gasteiger partial charge in [0.15, 0.2) is 5.96 Å². The van der Waals surface area contributed by atoms with Crippen LogP contribution in [0, 0.1) is 0 Å². The molecule has 0 unspecified atom stereocenters. The van der Waals surface area contributed by atoms with Crippen LogP contribution in [0.4, 0.5) is 0 Å². The first-order chi connectivity index (χ1) is 13.1. The summed E-state index contributed by atoms with van der Waals surface area (Å²) in [5.74, 6) is 1.07. The van der Waals surface area contributed by atoms with E-state index in [1.807, 2.05) is 22.7 Å². The molecule has 2 heterocycles. The molecule has 6 heteroatoms. The van der Waals surface area contributed by atoms with Crippen LogP contribution in [0.5, 0.6) is 0 Å². The van der Waals surface area contributed by atoms with Gasteiger partial charge in [-0.15, -0.1) is 0 Å². The number of nitrogens with zero attached hydrogens (tertiary/aromatic N) is 3. The average Bonchev–Trinajstić information content (AvgIpc) is 3.26. The van der Waals surface area contributed by atoms with E-state index >= 15 is 0 Å². The molecule has 0 bridgehead atoms. The number of likely N-dealkylation sites (tertiary alicyclic amines) is 1. The highest BCUT2D eigenvalue weighted by molar-refractivity contribution is 5.79. The summed E-state index contributed by atoms with van der Waals surface area (Å²) < 4.78 is 2.03. The van der Waals surface area contributed by atoms with Crippen molar-refractivity contribution >= 4 is 11.9 Å². The second-order valence-corrected chi connectivity index (χ2v) is 6.97. The molecule has 1 saturated heterocycles. The first kappa shape index (κ1) is 19.0. The minimum Gasteiger partial charge on any atom is -0.357 e. The molecular weight excluding hydrogens is 338 g/mol. The highest BCUT2D eigenvalue weighted by Gasteiger charge is 2.19. The Hall–Kier alpha value is -2.76. The van der Waals surface area contributed by atoms with Crippen LogP contribution in [-0.4, -0.2) is 34.4 Å². The molecule has 1 fully saturated rings. The van der Waals surface area contributed by atoms with Crippen molar-refractivity contribution in [3.05, 3.63) is 59.4 Å². The van der Waals surface area contributed by atoms with E-state index < -0.39 is 0 Å². The van der Waals surface area contributed by atoms with Gasteiger partial charge in [-0.3, -0.25) is 4.79 Å². The van der Waals surface area contributed by atoms with Crippen LogP contribution in [0.1, 0.15) is 36.5 Å². The van der Waals surface area contributed by atoms with E-state index in [1.165, 1.54) is 16.7 Å². The fraction of sp³-hybridized carbons (Fsp3) is 0.429. The first-order valence-electron chi connectivity index (χ1n) is 9.62. The van der Waals surface area contributed by atoms with Gasteiger partial charge in [-0.05, 0) is 36.1 Å². The van der Waals surface area contributed by atoms with Crippen LogP contribution in [0.3, 0.4) is 0 Å². The Balaban J connectivity index is 1.57.